The highest BCUT2D eigenvalue weighted by molar-refractivity contribution is 6.13. The zero-order chi connectivity index (χ0) is 30.6. The fourth-order valence-electron chi connectivity index (χ4n) is 5.64. The number of rotatable bonds is 17. The van der Waals surface area contributed by atoms with Crippen LogP contribution in [0.2, 0.25) is 0 Å². The molecule has 43 heavy (non-hydrogen) atoms. The first-order chi connectivity index (χ1) is 20.9. The Balaban J connectivity index is 1.48. The highest BCUT2D eigenvalue weighted by Gasteiger charge is 2.19. The van der Waals surface area contributed by atoms with Crippen LogP contribution < -0.4 is 4.74 Å². The summed E-state index contributed by atoms with van der Waals surface area (Å²) < 4.78 is 13.7. The molecule has 5 nitrogen and oxygen atoms in total. The molecular formula is C38H47NO4. The highest BCUT2D eigenvalue weighted by Crippen LogP contribution is 2.29. The second kappa shape index (κ2) is 16.1. The van der Waals surface area contributed by atoms with E-state index in [0.717, 1.165) is 36.2 Å². The third-order valence-corrected chi connectivity index (χ3v) is 7.83. The number of benzene rings is 2. The summed E-state index contributed by atoms with van der Waals surface area (Å²) in [5, 5.41) is 0. The number of esters is 1. The smallest absolute Gasteiger partial charge is 0.305 e. The van der Waals surface area contributed by atoms with Crippen LogP contribution in [-0.2, 0) is 22.4 Å². The molecule has 0 fully saturated rings. The normalized spacial score (nSPS) is 12.0. The number of hydrogen-bond acceptors (Lipinski definition) is 4. The zero-order valence-corrected chi connectivity index (χ0v) is 26.3. The van der Waals surface area contributed by atoms with E-state index in [-0.39, 0.29) is 17.9 Å². The van der Waals surface area contributed by atoms with Crippen molar-refractivity contribution in [3.8, 4) is 5.75 Å². The van der Waals surface area contributed by atoms with Crippen molar-refractivity contribution < 1.29 is 19.1 Å². The number of ketones is 1. The van der Waals surface area contributed by atoms with Gasteiger partial charge in [-0.1, -0.05) is 70.4 Å². The molecule has 0 radical (unpaired) electrons. The number of nitrogens with zero attached hydrogens (tertiary/aromatic N) is 1. The first-order valence-electron chi connectivity index (χ1n) is 16.0. The number of carbonyl (C=O) groups is 2. The van der Waals surface area contributed by atoms with Gasteiger partial charge in [0.2, 0.25) is 0 Å². The van der Waals surface area contributed by atoms with Crippen LogP contribution in [0.25, 0.3) is 5.52 Å². The van der Waals surface area contributed by atoms with Gasteiger partial charge < -0.3 is 13.9 Å². The average Bonchev–Trinajstić information content (AvgIpc) is 3.37. The third kappa shape index (κ3) is 9.06. The van der Waals surface area contributed by atoms with E-state index in [4.69, 9.17) is 9.47 Å². The van der Waals surface area contributed by atoms with E-state index in [2.05, 4.69) is 45.0 Å². The maximum atomic E-state index is 13.7. The molecule has 0 spiro atoms. The first kappa shape index (κ1) is 32.1. The van der Waals surface area contributed by atoms with Crippen LogP contribution in [0.3, 0.4) is 0 Å². The van der Waals surface area contributed by atoms with Gasteiger partial charge in [-0.05, 0) is 98.5 Å². The summed E-state index contributed by atoms with van der Waals surface area (Å²) in [5.41, 5.74) is 5.71. The molecule has 0 aliphatic rings. The predicted octanol–water partition coefficient (Wildman–Crippen LogP) is 9.35. The van der Waals surface area contributed by atoms with Crippen molar-refractivity contribution in [2.45, 2.75) is 91.6 Å². The third-order valence-electron chi connectivity index (χ3n) is 7.83. The SMILES string of the molecule is CCCCCCC(Oc1ccc(C(=O)c2cc(CCCC(=O)OCC)n3ccccc23)cc1)c1ccc(CC(C)C)cc1. The van der Waals surface area contributed by atoms with Gasteiger partial charge in [-0.15, -0.1) is 0 Å². The number of hydrogen-bond donors (Lipinski definition) is 0. The molecule has 1 unspecified atom stereocenters. The zero-order valence-electron chi connectivity index (χ0n) is 26.3. The lowest BCUT2D eigenvalue weighted by molar-refractivity contribution is -0.143. The molecule has 0 saturated heterocycles. The van der Waals surface area contributed by atoms with Crippen LogP contribution in [0.15, 0.2) is 79.0 Å². The Labute approximate surface area is 257 Å². The highest BCUT2D eigenvalue weighted by atomic mass is 16.5. The summed E-state index contributed by atoms with van der Waals surface area (Å²) in [7, 11) is 0. The standard InChI is InChI=1S/C38H47NO4/c1-5-7-8-9-15-36(30-19-17-29(18-20-30)26-28(3)4)43-33-23-21-31(22-24-33)38(41)34-27-32(13-12-16-37(40)42-6-2)39-25-11-10-14-35(34)39/h10-11,14,17-25,27-28,36H,5-9,12-13,15-16,26H2,1-4H3. The maximum absolute atomic E-state index is 13.7. The molecule has 4 aromatic rings. The number of unbranched alkanes of at least 4 members (excludes halogenated alkanes) is 3. The summed E-state index contributed by atoms with van der Waals surface area (Å²) in [4.78, 5) is 25.5. The summed E-state index contributed by atoms with van der Waals surface area (Å²) in [5.74, 6) is 1.18. The lowest BCUT2D eigenvalue weighted by Gasteiger charge is -2.20. The van der Waals surface area contributed by atoms with Gasteiger partial charge >= 0.3 is 5.97 Å². The van der Waals surface area contributed by atoms with E-state index in [1.165, 1.54) is 30.4 Å². The fourth-order valence-corrected chi connectivity index (χ4v) is 5.64. The van der Waals surface area contributed by atoms with Gasteiger partial charge in [-0.2, -0.15) is 0 Å². The first-order valence-corrected chi connectivity index (χ1v) is 16.0. The molecule has 0 saturated carbocycles. The Morgan fingerprint density at radius 3 is 2.33 bits per heavy atom. The molecule has 0 bridgehead atoms. The van der Waals surface area contributed by atoms with Crippen LogP contribution in [0, 0.1) is 5.92 Å². The molecule has 2 aromatic heterocycles. The Hall–Kier alpha value is -3.86. The molecule has 5 heteroatoms. The van der Waals surface area contributed by atoms with Crippen molar-refractivity contribution in [3.05, 3.63) is 107 Å². The summed E-state index contributed by atoms with van der Waals surface area (Å²) in [6.45, 7) is 8.92. The minimum absolute atomic E-state index is 0.0243. The molecule has 1 atom stereocenters. The lowest BCUT2D eigenvalue weighted by Crippen LogP contribution is -2.09. The molecule has 0 amide bonds. The van der Waals surface area contributed by atoms with Crippen LogP contribution >= 0.6 is 0 Å². The summed E-state index contributed by atoms with van der Waals surface area (Å²) in [6.07, 6.45) is 10.4. The van der Waals surface area contributed by atoms with Crippen LogP contribution in [0.1, 0.15) is 111 Å². The molecule has 0 N–H and O–H groups in total. The second-order valence-electron chi connectivity index (χ2n) is 11.8. The average molecular weight is 582 g/mol. The largest absolute Gasteiger partial charge is 0.486 e. The van der Waals surface area contributed by atoms with Crippen LogP contribution in [-0.4, -0.2) is 22.8 Å². The van der Waals surface area contributed by atoms with Crippen LogP contribution in [0.4, 0.5) is 0 Å². The van der Waals surface area contributed by atoms with Crippen LogP contribution in [0.5, 0.6) is 5.75 Å². The fraction of sp³-hybridized carbons (Fsp3) is 0.421. The maximum Gasteiger partial charge on any atom is 0.305 e. The minimum atomic E-state index is -0.187. The number of aromatic nitrogens is 1. The van der Waals surface area contributed by atoms with E-state index in [0.29, 0.717) is 42.9 Å². The predicted molar refractivity (Wildman–Crippen MR) is 174 cm³/mol. The Morgan fingerprint density at radius 1 is 0.860 bits per heavy atom. The van der Waals surface area contributed by atoms with Gasteiger partial charge in [0.25, 0.3) is 0 Å². The quantitative estimate of drug-likeness (QED) is 0.0708. The van der Waals surface area contributed by atoms with Crippen molar-refractivity contribution in [2.24, 2.45) is 5.92 Å². The van der Waals surface area contributed by atoms with Crippen molar-refractivity contribution in [2.75, 3.05) is 6.61 Å². The summed E-state index contributed by atoms with van der Waals surface area (Å²) in [6, 6.07) is 24.3. The molecule has 0 aliphatic heterocycles. The van der Waals surface area contributed by atoms with Gasteiger partial charge in [0.1, 0.15) is 11.9 Å². The second-order valence-corrected chi connectivity index (χ2v) is 11.8. The topological polar surface area (TPSA) is 57.0 Å². The van der Waals surface area contributed by atoms with E-state index in [1.54, 1.807) is 0 Å². The van der Waals surface area contributed by atoms with Crippen molar-refractivity contribution in [1.29, 1.82) is 0 Å². The number of fused-ring (bicyclic) bond motifs is 1. The van der Waals surface area contributed by atoms with Crippen molar-refractivity contribution in [1.82, 2.24) is 4.40 Å². The van der Waals surface area contributed by atoms with Gasteiger partial charge in [-0.25, -0.2) is 0 Å². The summed E-state index contributed by atoms with van der Waals surface area (Å²) >= 11 is 0. The molecule has 4 rings (SSSR count). The van der Waals surface area contributed by atoms with Gasteiger partial charge in [0.15, 0.2) is 5.78 Å². The number of ether oxygens (including phenoxy) is 2. The minimum Gasteiger partial charge on any atom is -0.486 e. The monoisotopic (exact) mass is 581 g/mol. The van der Waals surface area contributed by atoms with E-state index < -0.39 is 0 Å². The Morgan fingerprint density at radius 2 is 1.63 bits per heavy atom. The molecule has 228 valence electrons. The van der Waals surface area contributed by atoms with Crippen molar-refractivity contribution >= 4 is 17.3 Å². The number of pyridine rings is 1. The van der Waals surface area contributed by atoms with Gasteiger partial charge in [0, 0.05) is 29.4 Å². The molecule has 0 aliphatic carbocycles. The van der Waals surface area contributed by atoms with Gasteiger partial charge in [0.05, 0.1) is 12.1 Å². The van der Waals surface area contributed by atoms with E-state index in [9.17, 15) is 9.59 Å². The lowest BCUT2D eigenvalue weighted by atomic mass is 9.98. The molecule has 2 aromatic carbocycles. The Kier molecular flexibility index (Phi) is 12.0. The molecule has 2 heterocycles. The van der Waals surface area contributed by atoms with E-state index in [1.807, 2.05) is 66.1 Å². The van der Waals surface area contributed by atoms with E-state index >= 15 is 0 Å². The number of aryl methyl sites for hydroxylation is 1. The van der Waals surface area contributed by atoms with Gasteiger partial charge in [-0.3, -0.25) is 9.59 Å². The van der Waals surface area contributed by atoms with Crippen molar-refractivity contribution in [3.63, 3.8) is 0 Å². The Bertz CT molecular complexity index is 1450. The molecular weight excluding hydrogens is 534 g/mol. The number of carbonyl (C=O) groups excluding carboxylic acids is 2.